The Morgan fingerprint density at radius 2 is 1.82 bits per heavy atom. The molecule has 0 bridgehead atoms. The molecule has 2 N–H and O–H groups in total. The highest BCUT2D eigenvalue weighted by molar-refractivity contribution is 5.79. The maximum atomic E-state index is 11.1. The summed E-state index contributed by atoms with van der Waals surface area (Å²) < 4.78 is 0. The first-order chi connectivity index (χ1) is 8.02. The summed E-state index contributed by atoms with van der Waals surface area (Å²) >= 11 is 0. The minimum atomic E-state index is -1.02. The van der Waals surface area contributed by atoms with Crippen LogP contribution in [0, 0.1) is 0 Å². The van der Waals surface area contributed by atoms with Crippen molar-refractivity contribution in [1.29, 1.82) is 0 Å². The number of carboxylic acid groups (broad SMARTS) is 2. The van der Waals surface area contributed by atoms with Crippen LogP contribution in [0.25, 0.3) is 0 Å². The van der Waals surface area contributed by atoms with Gasteiger partial charge in [-0.2, -0.15) is 0 Å². The Morgan fingerprint density at radius 1 is 1.24 bits per heavy atom. The smallest absolute Gasteiger partial charge is 0.326 e. The molecule has 1 rings (SSSR count). The normalized spacial score (nSPS) is 11.8. The molecule has 0 saturated heterocycles. The van der Waals surface area contributed by atoms with Crippen molar-refractivity contribution >= 4 is 17.6 Å². The quantitative estimate of drug-likeness (QED) is 0.782. The van der Waals surface area contributed by atoms with Crippen LogP contribution in [0.2, 0.25) is 0 Å². The number of carboxylic acids is 2. The van der Waals surface area contributed by atoms with Gasteiger partial charge < -0.3 is 15.1 Å². The fraction of sp³-hybridized carbons (Fsp3) is 0.333. The third kappa shape index (κ3) is 3.79. The Balaban J connectivity index is 2.77. The van der Waals surface area contributed by atoms with Crippen LogP contribution >= 0.6 is 0 Å². The van der Waals surface area contributed by atoms with Crippen molar-refractivity contribution in [2.24, 2.45) is 0 Å². The summed E-state index contributed by atoms with van der Waals surface area (Å²) in [6.07, 6.45) is -0.0792. The molecule has 0 aliphatic rings. The molecule has 1 aromatic carbocycles. The van der Waals surface area contributed by atoms with Crippen LogP contribution in [0.5, 0.6) is 0 Å². The van der Waals surface area contributed by atoms with E-state index in [4.69, 9.17) is 10.2 Å². The monoisotopic (exact) mass is 237 g/mol. The first kappa shape index (κ1) is 13.0. The van der Waals surface area contributed by atoms with Crippen molar-refractivity contribution in [3.05, 3.63) is 30.3 Å². The highest BCUT2D eigenvalue weighted by atomic mass is 16.4. The molecule has 5 nitrogen and oxygen atoms in total. The first-order valence-electron chi connectivity index (χ1n) is 5.25. The van der Waals surface area contributed by atoms with Gasteiger partial charge in [-0.3, -0.25) is 4.79 Å². The summed E-state index contributed by atoms with van der Waals surface area (Å²) in [5.74, 6) is -2.00. The van der Waals surface area contributed by atoms with E-state index in [-0.39, 0.29) is 12.8 Å². The Bertz CT molecular complexity index is 391. The summed E-state index contributed by atoms with van der Waals surface area (Å²) in [4.78, 5) is 23.1. The lowest BCUT2D eigenvalue weighted by molar-refractivity contribution is -0.139. The number of aliphatic carboxylic acids is 2. The molecule has 0 amide bonds. The van der Waals surface area contributed by atoms with E-state index >= 15 is 0 Å². The number of para-hydroxylation sites is 1. The van der Waals surface area contributed by atoms with Crippen LogP contribution in [0.1, 0.15) is 12.8 Å². The van der Waals surface area contributed by atoms with Gasteiger partial charge in [0.1, 0.15) is 6.04 Å². The highest BCUT2D eigenvalue weighted by Crippen LogP contribution is 2.17. The maximum absolute atomic E-state index is 11.1. The van der Waals surface area contributed by atoms with E-state index < -0.39 is 18.0 Å². The summed E-state index contributed by atoms with van der Waals surface area (Å²) in [6, 6.07) is 8.20. The summed E-state index contributed by atoms with van der Waals surface area (Å²) in [5.41, 5.74) is 0.755. The number of likely N-dealkylation sites (N-methyl/N-ethyl adjacent to an activating group) is 1. The number of benzene rings is 1. The van der Waals surface area contributed by atoms with Gasteiger partial charge in [-0.1, -0.05) is 18.2 Å². The zero-order chi connectivity index (χ0) is 12.8. The van der Waals surface area contributed by atoms with Crippen LogP contribution in [0.3, 0.4) is 0 Å². The minimum Gasteiger partial charge on any atom is -0.481 e. The lowest BCUT2D eigenvalue weighted by atomic mass is 10.1. The topological polar surface area (TPSA) is 77.8 Å². The zero-order valence-corrected chi connectivity index (χ0v) is 9.54. The van der Waals surface area contributed by atoms with Gasteiger partial charge >= 0.3 is 11.9 Å². The van der Waals surface area contributed by atoms with Crippen molar-refractivity contribution in [1.82, 2.24) is 0 Å². The molecule has 92 valence electrons. The molecule has 1 aromatic rings. The molecule has 0 saturated carbocycles. The largest absolute Gasteiger partial charge is 0.481 e. The molecule has 0 spiro atoms. The number of hydrogen-bond acceptors (Lipinski definition) is 3. The lowest BCUT2D eigenvalue weighted by Crippen LogP contribution is -2.38. The fourth-order valence-corrected chi connectivity index (χ4v) is 1.59. The zero-order valence-electron chi connectivity index (χ0n) is 9.54. The maximum Gasteiger partial charge on any atom is 0.326 e. The molecule has 1 atom stereocenters. The molecular formula is C12H15NO4. The van der Waals surface area contributed by atoms with Gasteiger partial charge in [0, 0.05) is 19.2 Å². The Labute approximate surface area is 99.3 Å². The van der Waals surface area contributed by atoms with E-state index in [1.807, 2.05) is 18.2 Å². The van der Waals surface area contributed by atoms with E-state index in [9.17, 15) is 9.59 Å². The molecule has 0 aromatic heterocycles. The van der Waals surface area contributed by atoms with Crippen molar-refractivity contribution < 1.29 is 19.8 Å². The van der Waals surface area contributed by atoms with E-state index in [1.165, 1.54) is 0 Å². The van der Waals surface area contributed by atoms with Gasteiger partial charge in [-0.15, -0.1) is 0 Å². The standard InChI is InChI=1S/C12H15NO4/c1-13(9-5-3-2-4-6-9)10(12(16)17)7-8-11(14)15/h2-6,10H,7-8H2,1H3,(H,14,15)(H,16,17). The average molecular weight is 237 g/mol. The first-order valence-corrected chi connectivity index (χ1v) is 5.25. The van der Waals surface area contributed by atoms with Crippen LogP contribution in [-0.4, -0.2) is 35.2 Å². The molecule has 0 heterocycles. The molecule has 5 heteroatoms. The van der Waals surface area contributed by atoms with Gasteiger partial charge in [0.25, 0.3) is 0 Å². The second kappa shape index (κ2) is 5.89. The minimum absolute atomic E-state index is 0.0794. The molecule has 0 fully saturated rings. The predicted octanol–water partition coefficient (Wildman–Crippen LogP) is 1.44. The number of nitrogens with zero attached hydrogens (tertiary/aromatic N) is 1. The van der Waals surface area contributed by atoms with E-state index in [1.54, 1.807) is 24.1 Å². The second-order valence-electron chi connectivity index (χ2n) is 3.73. The van der Waals surface area contributed by atoms with Crippen LogP contribution in [-0.2, 0) is 9.59 Å². The van der Waals surface area contributed by atoms with Gasteiger partial charge in [-0.25, -0.2) is 4.79 Å². The SMILES string of the molecule is CN(c1ccccc1)C(CCC(=O)O)C(=O)O. The summed E-state index contributed by atoms with van der Waals surface area (Å²) in [5, 5.41) is 17.7. The second-order valence-corrected chi connectivity index (χ2v) is 3.73. The van der Waals surface area contributed by atoms with Gasteiger partial charge in [0.15, 0.2) is 0 Å². The Hall–Kier alpha value is -2.04. The number of carbonyl (C=O) groups is 2. The summed E-state index contributed by atoms with van der Waals surface area (Å²) in [6.45, 7) is 0. The molecular weight excluding hydrogens is 222 g/mol. The Kier molecular flexibility index (Phi) is 4.51. The van der Waals surface area contributed by atoms with Crippen LogP contribution < -0.4 is 4.90 Å². The average Bonchev–Trinajstić information content (AvgIpc) is 2.29. The number of anilines is 1. The van der Waals surface area contributed by atoms with Gasteiger partial charge in [0.2, 0.25) is 0 Å². The van der Waals surface area contributed by atoms with E-state index in [2.05, 4.69) is 0 Å². The van der Waals surface area contributed by atoms with E-state index in [0.29, 0.717) is 0 Å². The van der Waals surface area contributed by atoms with Crippen molar-refractivity contribution in [2.75, 3.05) is 11.9 Å². The third-order valence-electron chi connectivity index (χ3n) is 2.55. The molecule has 17 heavy (non-hydrogen) atoms. The summed E-state index contributed by atoms with van der Waals surface area (Å²) in [7, 11) is 1.65. The lowest BCUT2D eigenvalue weighted by Gasteiger charge is -2.26. The highest BCUT2D eigenvalue weighted by Gasteiger charge is 2.23. The predicted molar refractivity (Wildman–Crippen MR) is 63.1 cm³/mol. The number of hydrogen-bond donors (Lipinski definition) is 2. The van der Waals surface area contributed by atoms with Crippen LogP contribution in [0.4, 0.5) is 5.69 Å². The molecule has 0 radical (unpaired) electrons. The Morgan fingerprint density at radius 3 is 2.29 bits per heavy atom. The fourth-order valence-electron chi connectivity index (χ4n) is 1.59. The van der Waals surface area contributed by atoms with Crippen molar-refractivity contribution in [3.63, 3.8) is 0 Å². The molecule has 0 aliphatic carbocycles. The van der Waals surface area contributed by atoms with Crippen molar-refractivity contribution in [3.8, 4) is 0 Å². The molecule has 0 aliphatic heterocycles. The number of rotatable bonds is 6. The van der Waals surface area contributed by atoms with Crippen molar-refractivity contribution in [2.45, 2.75) is 18.9 Å². The van der Waals surface area contributed by atoms with Crippen LogP contribution in [0.15, 0.2) is 30.3 Å². The van der Waals surface area contributed by atoms with Gasteiger partial charge in [-0.05, 0) is 18.6 Å². The van der Waals surface area contributed by atoms with E-state index in [0.717, 1.165) is 5.69 Å². The third-order valence-corrected chi connectivity index (χ3v) is 2.55. The van der Waals surface area contributed by atoms with Gasteiger partial charge in [0.05, 0.1) is 0 Å². The molecule has 1 unspecified atom stereocenters.